The molecule has 5 heteroatoms. The van der Waals surface area contributed by atoms with E-state index >= 15 is 0 Å². The molecular weight excluding hydrogens is 250 g/mol. The lowest BCUT2D eigenvalue weighted by Crippen LogP contribution is -2.22. The third-order valence-corrected chi connectivity index (χ3v) is 3.27. The van der Waals surface area contributed by atoms with Crippen LogP contribution in [0.15, 0.2) is 18.3 Å². The lowest BCUT2D eigenvalue weighted by Gasteiger charge is -2.19. The Balaban J connectivity index is 2.05. The topological polar surface area (TPSA) is 45.2 Å². The van der Waals surface area contributed by atoms with Crippen LogP contribution in [-0.2, 0) is 4.79 Å². The van der Waals surface area contributed by atoms with Crippen molar-refractivity contribution in [3.8, 4) is 0 Å². The van der Waals surface area contributed by atoms with Crippen molar-refractivity contribution < 1.29 is 4.79 Å². The molecule has 1 aromatic rings. The molecule has 0 radical (unpaired) electrons. The van der Waals surface area contributed by atoms with E-state index in [0.717, 1.165) is 24.6 Å². The number of nitrogens with one attached hydrogen (secondary N) is 1. The fraction of sp³-hybridized carbons (Fsp3) is 0.538. The minimum absolute atomic E-state index is 0.00379. The highest BCUT2D eigenvalue weighted by molar-refractivity contribution is 6.18. The van der Waals surface area contributed by atoms with Crippen molar-refractivity contribution in [2.45, 2.75) is 25.7 Å². The number of rotatable bonds is 5. The summed E-state index contributed by atoms with van der Waals surface area (Å²) in [5.74, 6) is 1.40. The Morgan fingerprint density at radius 2 is 2.22 bits per heavy atom. The molecule has 0 saturated carbocycles. The normalized spacial score (nSPS) is 14.8. The standard InChI is InChI=1S/C13H18ClN3O/c14-7-3-6-12(18)16-11-5-4-8-15-13(11)17-9-1-2-10-17/h4-5,8H,1-3,6-7,9-10H2,(H,16,18). The van der Waals surface area contributed by atoms with E-state index in [1.807, 2.05) is 12.1 Å². The highest BCUT2D eigenvalue weighted by atomic mass is 35.5. The van der Waals surface area contributed by atoms with Crippen LogP contribution in [0.3, 0.4) is 0 Å². The number of nitrogens with zero attached hydrogens (tertiary/aromatic N) is 2. The zero-order chi connectivity index (χ0) is 12.8. The summed E-state index contributed by atoms with van der Waals surface area (Å²) in [6.45, 7) is 2.03. The van der Waals surface area contributed by atoms with Crippen LogP contribution in [0, 0.1) is 0 Å². The van der Waals surface area contributed by atoms with Gasteiger partial charge in [-0.2, -0.15) is 0 Å². The van der Waals surface area contributed by atoms with Crippen LogP contribution in [0.1, 0.15) is 25.7 Å². The van der Waals surface area contributed by atoms with Crippen molar-refractivity contribution in [3.05, 3.63) is 18.3 Å². The molecule has 1 saturated heterocycles. The summed E-state index contributed by atoms with van der Waals surface area (Å²) in [7, 11) is 0. The molecule has 1 N–H and O–H groups in total. The molecule has 1 aliphatic heterocycles. The van der Waals surface area contributed by atoms with Crippen LogP contribution in [-0.4, -0.2) is 29.9 Å². The number of alkyl halides is 1. The van der Waals surface area contributed by atoms with Crippen molar-refractivity contribution >= 4 is 29.0 Å². The molecule has 4 nitrogen and oxygen atoms in total. The van der Waals surface area contributed by atoms with Gasteiger partial charge in [-0.25, -0.2) is 4.98 Å². The molecule has 1 amide bonds. The first kappa shape index (κ1) is 13.1. The SMILES string of the molecule is O=C(CCCCl)Nc1cccnc1N1CCCC1. The third kappa shape index (κ3) is 3.35. The zero-order valence-corrected chi connectivity index (χ0v) is 11.1. The third-order valence-electron chi connectivity index (χ3n) is 3.00. The average Bonchev–Trinajstić information content (AvgIpc) is 2.91. The number of anilines is 2. The summed E-state index contributed by atoms with van der Waals surface area (Å²) in [5.41, 5.74) is 0.805. The highest BCUT2D eigenvalue weighted by Gasteiger charge is 2.17. The monoisotopic (exact) mass is 267 g/mol. The molecule has 1 fully saturated rings. The predicted molar refractivity (Wildman–Crippen MR) is 74.3 cm³/mol. The number of halogens is 1. The second-order valence-electron chi connectivity index (χ2n) is 4.41. The molecule has 1 aromatic heterocycles. The fourth-order valence-electron chi connectivity index (χ4n) is 2.12. The molecule has 1 aliphatic rings. The Kier molecular flexibility index (Phi) is 4.81. The predicted octanol–water partition coefficient (Wildman–Crippen LogP) is 2.64. The van der Waals surface area contributed by atoms with Gasteiger partial charge >= 0.3 is 0 Å². The lowest BCUT2D eigenvalue weighted by molar-refractivity contribution is -0.116. The Labute approximate surface area is 112 Å². The molecule has 0 spiro atoms. The van der Waals surface area contributed by atoms with Gasteiger partial charge in [-0.3, -0.25) is 4.79 Å². The molecule has 2 heterocycles. The summed E-state index contributed by atoms with van der Waals surface area (Å²) in [6.07, 6.45) is 5.30. The molecule has 98 valence electrons. The molecule has 0 bridgehead atoms. The van der Waals surface area contributed by atoms with E-state index < -0.39 is 0 Å². The van der Waals surface area contributed by atoms with Gasteiger partial charge in [0.25, 0.3) is 0 Å². The summed E-state index contributed by atoms with van der Waals surface area (Å²) < 4.78 is 0. The maximum atomic E-state index is 11.7. The molecule has 0 unspecified atom stereocenters. The van der Waals surface area contributed by atoms with Gasteiger partial charge in [0.2, 0.25) is 5.91 Å². The van der Waals surface area contributed by atoms with Crippen LogP contribution in [0.4, 0.5) is 11.5 Å². The summed E-state index contributed by atoms with van der Waals surface area (Å²) in [4.78, 5) is 18.3. The number of carbonyl (C=O) groups excluding carboxylic acids is 1. The van der Waals surface area contributed by atoms with Crippen molar-refractivity contribution in [2.24, 2.45) is 0 Å². The first-order valence-corrected chi connectivity index (χ1v) is 6.90. The molecular formula is C13H18ClN3O. The first-order chi connectivity index (χ1) is 8.81. The summed E-state index contributed by atoms with van der Waals surface area (Å²) in [6, 6.07) is 3.75. The van der Waals surface area contributed by atoms with Crippen LogP contribution >= 0.6 is 11.6 Å². The number of carbonyl (C=O) groups is 1. The van der Waals surface area contributed by atoms with Gasteiger partial charge in [-0.05, 0) is 31.4 Å². The van der Waals surface area contributed by atoms with E-state index in [0.29, 0.717) is 18.7 Å². The molecule has 0 aromatic carbocycles. The second-order valence-corrected chi connectivity index (χ2v) is 4.79. The smallest absolute Gasteiger partial charge is 0.224 e. The Hall–Kier alpha value is -1.29. The Bertz CT molecular complexity index is 405. The zero-order valence-electron chi connectivity index (χ0n) is 10.4. The van der Waals surface area contributed by atoms with E-state index in [2.05, 4.69) is 15.2 Å². The fourth-order valence-corrected chi connectivity index (χ4v) is 2.25. The van der Waals surface area contributed by atoms with E-state index in [4.69, 9.17) is 11.6 Å². The number of hydrogen-bond donors (Lipinski definition) is 1. The van der Waals surface area contributed by atoms with Crippen molar-refractivity contribution in [1.29, 1.82) is 0 Å². The van der Waals surface area contributed by atoms with Gasteiger partial charge in [0, 0.05) is 31.6 Å². The van der Waals surface area contributed by atoms with Gasteiger partial charge in [0.05, 0.1) is 5.69 Å². The minimum Gasteiger partial charge on any atom is -0.355 e. The second kappa shape index (κ2) is 6.59. The first-order valence-electron chi connectivity index (χ1n) is 6.37. The summed E-state index contributed by atoms with van der Waals surface area (Å²) >= 11 is 5.58. The number of aromatic nitrogens is 1. The Morgan fingerprint density at radius 1 is 1.44 bits per heavy atom. The van der Waals surface area contributed by atoms with Gasteiger partial charge < -0.3 is 10.2 Å². The minimum atomic E-state index is 0.00379. The molecule has 0 aliphatic carbocycles. The maximum absolute atomic E-state index is 11.7. The van der Waals surface area contributed by atoms with E-state index in [9.17, 15) is 4.79 Å². The lowest BCUT2D eigenvalue weighted by atomic mass is 10.3. The van der Waals surface area contributed by atoms with E-state index in [-0.39, 0.29) is 5.91 Å². The largest absolute Gasteiger partial charge is 0.355 e. The van der Waals surface area contributed by atoms with Gasteiger partial charge in [0.1, 0.15) is 0 Å². The number of amides is 1. The number of hydrogen-bond acceptors (Lipinski definition) is 3. The Morgan fingerprint density at radius 3 is 2.94 bits per heavy atom. The van der Waals surface area contributed by atoms with Crippen molar-refractivity contribution in [1.82, 2.24) is 4.98 Å². The average molecular weight is 268 g/mol. The van der Waals surface area contributed by atoms with Crippen LogP contribution in [0.2, 0.25) is 0 Å². The van der Waals surface area contributed by atoms with Crippen LogP contribution < -0.4 is 10.2 Å². The van der Waals surface area contributed by atoms with Gasteiger partial charge in [0.15, 0.2) is 5.82 Å². The van der Waals surface area contributed by atoms with E-state index in [1.165, 1.54) is 12.8 Å². The van der Waals surface area contributed by atoms with Gasteiger partial charge in [-0.15, -0.1) is 11.6 Å². The maximum Gasteiger partial charge on any atom is 0.224 e. The van der Waals surface area contributed by atoms with E-state index in [1.54, 1.807) is 6.20 Å². The van der Waals surface area contributed by atoms with Crippen molar-refractivity contribution in [2.75, 3.05) is 29.2 Å². The molecule has 0 atom stereocenters. The van der Waals surface area contributed by atoms with Crippen LogP contribution in [0.5, 0.6) is 0 Å². The van der Waals surface area contributed by atoms with Gasteiger partial charge in [-0.1, -0.05) is 0 Å². The van der Waals surface area contributed by atoms with Crippen LogP contribution in [0.25, 0.3) is 0 Å². The molecule has 18 heavy (non-hydrogen) atoms. The number of pyridine rings is 1. The quantitative estimate of drug-likeness (QED) is 0.834. The summed E-state index contributed by atoms with van der Waals surface area (Å²) in [5, 5.41) is 2.92. The molecule has 2 rings (SSSR count). The highest BCUT2D eigenvalue weighted by Crippen LogP contribution is 2.26. The van der Waals surface area contributed by atoms with Crippen molar-refractivity contribution in [3.63, 3.8) is 0 Å².